The lowest BCUT2D eigenvalue weighted by atomic mass is 10.2. The van der Waals surface area contributed by atoms with E-state index in [1.165, 1.54) is 11.3 Å². The lowest BCUT2D eigenvalue weighted by Crippen LogP contribution is -1.86. The van der Waals surface area contributed by atoms with E-state index in [2.05, 4.69) is 61.6 Å². The smallest absolute Gasteiger partial charge is 0.125 e. The molecule has 0 atom stereocenters. The van der Waals surface area contributed by atoms with Gasteiger partial charge in [0.1, 0.15) is 5.01 Å². The fourth-order valence-electron chi connectivity index (χ4n) is 1.08. The number of hydrogen-bond donors (Lipinski definition) is 4. The summed E-state index contributed by atoms with van der Waals surface area (Å²) in [5.41, 5.74) is 0.820. The van der Waals surface area contributed by atoms with Gasteiger partial charge in [-0.3, -0.25) is 0 Å². The minimum absolute atomic E-state index is 0.659. The van der Waals surface area contributed by atoms with Crippen LogP contribution in [0.5, 0.6) is 0 Å². The number of benzene rings is 1. The average Bonchev–Trinajstić information content (AvgIpc) is 2.73. The minimum Gasteiger partial charge on any atom is -0.244 e. The van der Waals surface area contributed by atoms with Gasteiger partial charge in [-0.15, -0.1) is 61.9 Å². The second kappa shape index (κ2) is 4.63. The van der Waals surface area contributed by atoms with Crippen molar-refractivity contribution in [1.82, 2.24) is 4.98 Å². The summed E-state index contributed by atoms with van der Waals surface area (Å²) in [5.74, 6) is 0. The molecule has 15 heavy (non-hydrogen) atoms. The van der Waals surface area contributed by atoms with Crippen molar-refractivity contribution in [3.63, 3.8) is 0 Å². The van der Waals surface area contributed by atoms with Gasteiger partial charge in [0.15, 0.2) is 0 Å². The van der Waals surface area contributed by atoms with E-state index in [0.717, 1.165) is 15.5 Å². The van der Waals surface area contributed by atoms with E-state index in [0.29, 0.717) is 14.7 Å². The summed E-state index contributed by atoms with van der Waals surface area (Å²) in [6, 6.07) is 3.10. The highest BCUT2D eigenvalue weighted by atomic mass is 32.1. The molecule has 0 saturated carbocycles. The first-order valence-electron chi connectivity index (χ1n) is 3.90. The van der Waals surface area contributed by atoms with Crippen LogP contribution in [-0.2, 0) is 0 Å². The van der Waals surface area contributed by atoms with Crippen molar-refractivity contribution in [2.24, 2.45) is 0 Å². The van der Waals surface area contributed by atoms with E-state index in [-0.39, 0.29) is 0 Å². The Balaban J connectivity index is 2.69. The van der Waals surface area contributed by atoms with E-state index < -0.39 is 0 Å². The van der Waals surface area contributed by atoms with Gasteiger partial charge in [0.05, 0.1) is 0 Å². The molecule has 0 spiro atoms. The lowest BCUT2D eigenvalue weighted by molar-refractivity contribution is 1.05. The maximum Gasteiger partial charge on any atom is 0.125 e. The number of thiol groups is 4. The number of thiazole rings is 1. The first-order valence-corrected chi connectivity index (χ1v) is 6.57. The summed E-state index contributed by atoms with van der Waals surface area (Å²) in [5, 5.41) is 2.76. The van der Waals surface area contributed by atoms with Crippen LogP contribution in [0.4, 0.5) is 0 Å². The predicted molar refractivity (Wildman–Crippen MR) is 75.4 cm³/mol. The second-order valence-electron chi connectivity index (χ2n) is 2.73. The normalized spacial score (nSPS) is 10.7. The Morgan fingerprint density at radius 1 is 1.07 bits per heavy atom. The summed E-state index contributed by atoms with van der Waals surface area (Å²) < 4.78 is 0. The molecule has 0 aliphatic carbocycles. The van der Waals surface area contributed by atoms with Crippen LogP contribution >= 0.6 is 61.9 Å². The lowest BCUT2D eigenvalue weighted by Gasteiger charge is -2.09. The maximum absolute atomic E-state index is 4.39. The second-order valence-corrected chi connectivity index (χ2v) is 5.42. The molecular weight excluding hydrogens is 282 g/mol. The number of hydrogen-bond acceptors (Lipinski definition) is 6. The highest BCUT2D eigenvalue weighted by Crippen LogP contribution is 2.38. The first-order chi connectivity index (χ1) is 7.11. The summed E-state index contributed by atoms with van der Waals surface area (Å²) in [7, 11) is 0. The predicted octanol–water partition coefficient (Wildman–Crippen LogP) is 3.77. The van der Waals surface area contributed by atoms with Crippen LogP contribution in [0.25, 0.3) is 10.6 Å². The molecular formula is C9H6NS5. The van der Waals surface area contributed by atoms with E-state index in [4.69, 9.17) is 0 Å². The Morgan fingerprint density at radius 2 is 1.80 bits per heavy atom. The summed E-state index contributed by atoms with van der Waals surface area (Å²) in [4.78, 5) is 6.99. The SMILES string of the molecule is Sc1[c]c(-c2nccs2)c(S)c(S)c1S. The van der Waals surface area contributed by atoms with Crippen LogP contribution < -0.4 is 0 Å². The van der Waals surface area contributed by atoms with Crippen molar-refractivity contribution in [3.8, 4) is 10.6 Å². The molecule has 1 radical (unpaired) electrons. The van der Waals surface area contributed by atoms with Crippen LogP contribution in [0.1, 0.15) is 0 Å². The maximum atomic E-state index is 4.39. The van der Waals surface area contributed by atoms with Crippen LogP contribution in [-0.4, -0.2) is 4.98 Å². The third-order valence-corrected chi connectivity index (χ3v) is 4.80. The van der Waals surface area contributed by atoms with Gasteiger partial charge < -0.3 is 0 Å². The fraction of sp³-hybridized carbons (Fsp3) is 0. The van der Waals surface area contributed by atoms with Crippen molar-refractivity contribution in [2.45, 2.75) is 19.6 Å². The van der Waals surface area contributed by atoms with Gasteiger partial charge in [0.2, 0.25) is 0 Å². The third kappa shape index (κ3) is 2.19. The molecule has 1 nitrogen and oxygen atoms in total. The summed E-state index contributed by atoms with van der Waals surface area (Å²) in [6.45, 7) is 0. The summed E-state index contributed by atoms with van der Waals surface area (Å²) >= 11 is 18.8. The Morgan fingerprint density at radius 3 is 2.40 bits per heavy atom. The molecule has 1 aromatic heterocycles. The van der Waals surface area contributed by atoms with Gasteiger partial charge in [0, 0.05) is 42.8 Å². The Labute approximate surface area is 114 Å². The molecule has 0 unspecified atom stereocenters. The van der Waals surface area contributed by atoms with E-state index in [9.17, 15) is 0 Å². The highest BCUT2D eigenvalue weighted by Gasteiger charge is 2.13. The highest BCUT2D eigenvalue weighted by molar-refractivity contribution is 7.86. The van der Waals surface area contributed by atoms with Crippen molar-refractivity contribution >= 4 is 61.9 Å². The van der Waals surface area contributed by atoms with Gasteiger partial charge in [0.25, 0.3) is 0 Å². The molecule has 0 fully saturated rings. The molecule has 0 saturated heterocycles. The zero-order valence-electron chi connectivity index (χ0n) is 7.30. The number of nitrogens with zero attached hydrogens (tertiary/aromatic N) is 1. The largest absolute Gasteiger partial charge is 0.244 e. The van der Waals surface area contributed by atoms with Gasteiger partial charge in [-0.2, -0.15) is 0 Å². The van der Waals surface area contributed by atoms with Crippen molar-refractivity contribution in [3.05, 3.63) is 17.6 Å². The number of rotatable bonds is 1. The van der Waals surface area contributed by atoms with Crippen LogP contribution in [0, 0.1) is 6.07 Å². The molecule has 0 aliphatic heterocycles. The van der Waals surface area contributed by atoms with Gasteiger partial charge in [-0.05, 0) is 0 Å². The van der Waals surface area contributed by atoms with Gasteiger partial charge in [-0.1, -0.05) is 0 Å². The molecule has 6 heteroatoms. The average molecular weight is 288 g/mol. The first kappa shape index (κ1) is 11.7. The fourth-order valence-corrected chi connectivity index (χ4v) is 2.87. The monoisotopic (exact) mass is 288 g/mol. The molecule has 2 aromatic rings. The van der Waals surface area contributed by atoms with Crippen molar-refractivity contribution < 1.29 is 0 Å². The zero-order chi connectivity index (χ0) is 11.0. The molecule has 77 valence electrons. The number of aromatic nitrogens is 1. The standard InChI is InChI=1S/C9H6NS5/c11-5-3-4(9-10-1-2-15-9)6(12)8(14)7(5)13/h1-2,11-14H. The Kier molecular flexibility index (Phi) is 3.62. The third-order valence-electron chi connectivity index (χ3n) is 1.80. The summed E-state index contributed by atoms with van der Waals surface area (Å²) in [6.07, 6.45) is 1.74. The van der Waals surface area contributed by atoms with E-state index >= 15 is 0 Å². The Bertz CT molecular complexity index is 492. The van der Waals surface area contributed by atoms with Crippen molar-refractivity contribution in [1.29, 1.82) is 0 Å². The molecule has 0 N–H and O–H groups in total. The molecule has 1 aromatic carbocycles. The van der Waals surface area contributed by atoms with Crippen LogP contribution in [0.15, 0.2) is 31.2 Å². The molecule has 2 rings (SSSR count). The van der Waals surface area contributed by atoms with E-state index in [1.807, 2.05) is 5.38 Å². The zero-order valence-corrected chi connectivity index (χ0v) is 11.7. The quantitative estimate of drug-likeness (QED) is 0.586. The van der Waals surface area contributed by atoms with Gasteiger partial charge in [-0.25, -0.2) is 4.98 Å². The molecule has 0 amide bonds. The Hall–Kier alpha value is 0.250. The molecule has 0 bridgehead atoms. The van der Waals surface area contributed by atoms with Crippen LogP contribution in [0.2, 0.25) is 0 Å². The topological polar surface area (TPSA) is 12.9 Å². The van der Waals surface area contributed by atoms with Crippen LogP contribution in [0.3, 0.4) is 0 Å². The molecule has 0 aliphatic rings. The van der Waals surface area contributed by atoms with Crippen molar-refractivity contribution in [2.75, 3.05) is 0 Å². The minimum atomic E-state index is 0.659. The molecule has 1 heterocycles. The van der Waals surface area contributed by atoms with E-state index in [1.54, 1.807) is 6.20 Å². The van der Waals surface area contributed by atoms with Gasteiger partial charge >= 0.3 is 0 Å².